The second-order valence-electron chi connectivity index (χ2n) is 4.11. The number of methoxy groups -OCH3 is 2. The van der Waals surface area contributed by atoms with Gasteiger partial charge in [0.15, 0.2) is 0 Å². The Hall–Kier alpha value is -1.61. The molecule has 0 heterocycles. The molecule has 0 atom stereocenters. The van der Waals surface area contributed by atoms with Crippen LogP contribution in [-0.2, 0) is 6.42 Å². The van der Waals surface area contributed by atoms with Crippen molar-refractivity contribution in [2.75, 3.05) is 20.5 Å². The summed E-state index contributed by atoms with van der Waals surface area (Å²) in [6.07, 6.45) is 2.88. The van der Waals surface area contributed by atoms with Crippen LogP contribution in [0.3, 0.4) is 0 Å². The minimum atomic E-state index is 0.807. The summed E-state index contributed by atoms with van der Waals surface area (Å²) in [6, 6.07) is 15.4. The maximum atomic E-state index is 5.42. The summed E-state index contributed by atoms with van der Waals surface area (Å²) in [5.41, 5.74) is 2.30. The standard InChI is InChI=1S/C16H17O2S/c1-17-14-8-7-13(16(11-14)18-2)9-12-5-4-6-15(10-12)19-3/h4,6-8,10-11H,9H2,1-3H3. The van der Waals surface area contributed by atoms with Crippen molar-refractivity contribution in [2.24, 2.45) is 0 Å². The van der Waals surface area contributed by atoms with Crippen molar-refractivity contribution in [1.82, 2.24) is 0 Å². The van der Waals surface area contributed by atoms with E-state index in [1.54, 1.807) is 26.0 Å². The van der Waals surface area contributed by atoms with E-state index in [2.05, 4.69) is 24.5 Å². The molecule has 2 aromatic carbocycles. The van der Waals surface area contributed by atoms with Gasteiger partial charge >= 0.3 is 0 Å². The van der Waals surface area contributed by atoms with E-state index in [9.17, 15) is 0 Å². The van der Waals surface area contributed by atoms with E-state index in [4.69, 9.17) is 9.47 Å². The Balaban J connectivity index is 2.26. The largest absolute Gasteiger partial charge is 0.497 e. The summed E-state index contributed by atoms with van der Waals surface area (Å²) in [6.45, 7) is 0. The van der Waals surface area contributed by atoms with Crippen LogP contribution >= 0.6 is 11.8 Å². The van der Waals surface area contributed by atoms with Gasteiger partial charge < -0.3 is 9.47 Å². The van der Waals surface area contributed by atoms with Crippen LogP contribution in [0, 0.1) is 6.07 Å². The summed E-state index contributed by atoms with van der Waals surface area (Å²) >= 11 is 1.74. The van der Waals surface area contributed by atoms with E-state index < -0.39 is 0 Å². The van der Waals surface area contributed by atoms with E-state index in [0.29, 0.717) is 0 Å². The molecule has 19 heavy (non-hydrogen) atoms. The molecule has 0 aliphatic rings. The van der Waals surface area contributed by atoms with Crippen molar-refractivity contribution < 1.29 is 9.47 Å². The number of thioether (sulfide) groups is 1. The minimum absolute atomic E-state index is 0.807. The van der Waals surface area contributed by atoms with Crippen LogP contribution < -0.4 is 9.47 Å². The molecule has 2 rings (SSSR count). The van der Waals surface area contributed by atoms with Crippen molar-refractivity contribution in [1.29, 1.82) is 0 Å². The van der Waals surface area contributed by atoms with Gasteiger partial charge in [-0.15, -0.1) is 11.8 Å². The van der Waals surface area contributed by atoms with Crippen LogP contribution in [0.15, 0.2) is 41.3 Å². The fourth-order valence-corrected chi connectivity index (χ4v) is 2.39. The Morgan fingerprint density at radius 2 is 1.95 bits per heavy atom. The zero-order valence-corrected chi connectivity index (χ0v) is 12.2. The number of hydrogen-bond acceptors (Lipinski definition) is 3. The van der Waals surface area contributed by atoms with Crippen LogP contribution in [0.2, 0.25) is 0 Å². The monoisotopic (exact) mass is 273 g/mol. The quantitative estimate of drug-likeness (QED) is 0.772. The fraction of sp³-hybridized carbons (Fsp3) is 0.250. The van der Waals surface area contributed by atoms with Crippen LogP contribution in [0.5, 0.6) is 11.5 Å². The zero-order valence-electron chi connectivity index (χ0n) is 11.4. The first-order valence-corrected chi connectivity index (χ1v) is 7.25. The minimum Gasteiger partial charge on any atom is -0.497 e. The van der Waals surface area contributed by atoms with Crippen LogP contribution in [-0.4, -0.2) is 20.5 Å². The molecule has 2 aromatic rings. The summed E-state index contributed by atoms with van der Waals surface area (Å²) in [7, 11) is 3.34. The van der Waals surface area contributed by atoms with E-state index in [-0.39, 0.29) is 0 Å². The molecule has 0 bridgehead atoms. The molecule has 99 valence electrons. The molecule has 0 N–H and O–H groups in total. The van der Waals surface area contributed by atoms with Gasteiger partial charge in [0, 0.05) is 17.4 Å². The van der Waals surface area contributed by atoms with Crippen molar-refractivity contribution in [3.8, 4) is 11.5 Å². The first-order chi connectivity index (χ1) is 9.26. The molecular formula is C16H17O2S. The molecule has 3 heteroatoms. The second-order valence-corrected chi connectivity index (χ2v) is 4.99. The predicted molar refractivity (Wildman–Crippen MR) is 79.4 cm³/mol. The highest BCUT2D eigenvalue weighted by atomic mass is 32.2. The Bertz CT molecular complexity index is 552. The van der Waals surface area contributed by atoms with Crippen molar-refractivity contribution in [3.05, 3.63) is 53.6 Å². The molecule has 0 aliphatic heterocycles. The topological polar surface area (TPSA) is 18.5 Å². The van der Waals surface area contributed by atoms with Gasteiger partial charge in [-0.3, -0.25) is 0 Å². The molecule has 0 amide bonds. The number of hydrogen-bond donors (Lipinski definition) is 0. The van der Waals surface area contributed by atoms with E-state index in [0.717, 1.165) is 29.0 Å². The molecule has 0 unspecified atom stereocenters. The van der Waals surface area contributed by atoms with Crippen molar-refractivity contribution >= 4 is 11.8 Å². The van der Waals surface area contributed by atoms with E-state index in [1.165, 1.54) is 4.90 Å². The highest BCUT2D eigenvalue weighted by Gasteiger charge is 2.06. The molecule has 0 saturated carbocycles. The lowest BCUT2D eigenvalue weighted by atomic mass is 10.0. The molecule has 2 nitrogen and oxygen atoms in total. The Morgan fingerprint density at radius 3 is 2.63 bits per heavy atom. The third kappa shape index (κ3) is 3.44. The summed E-state index contributed by atoms with van der Waals surface area (Å²) < 4.78 is 10.6. The average molecular weight is 273 g/mol. The lowest BCUT2D eigenvalue weighted by molar-refractivity contribution is 0.391. The molecule has 0 aromatic heterocycles. The fourth-order valence-electron chi connectivity index (χ4n) is 1.92. The summed E-state index contributed by atoms with van der Waals surface area (Å²) in [4.78, 5) is 1.25. The number of benzene rings is 2. The maximum absolute atomic E-state index is 5.42. The summed E-state index contributed by atoms with van der Waals surface area (Å²) in [5.74, 6) is 1.66. The molecule has 0 aliphatic carbocycles. The van der Waals surface area contributed by atoms with E-state index in [1.807, 2.05) is 24.3 Å². The molecule has 0 saturated heterocycles. The van der Waals surface area contributed by atoms with Gasteiger partial charge in [-0.2, -0.15) is 0 Å². The lowest BCUT2D eigenvalue weighted by Crippen LogP contribution is -1.95. The Morgan fingerprint density at radius 1 is 1.11 bits per heavy atom. The highest BCUT2D eigenvalue weighted by molar-refractivity contribution is 7.98. The van der Waals surface area contributed by atoms with Crippen LogP contribution in [0.25, 0.3) is 0 Å². The first-order valence-electron chi connectivity index (χ1n) is 6.02. The normalized spacial score (nSPS) is 10.3. The second kappa shape index (κ2) is 6.53. The Labute approximate surface area is 118 Å². The molecule has 0 spiro atoms. The third-order valence-electron chi connectivity index (χ3n) is 2.94. The maximum Gasteiger partial charge on any atom is 0.126 e. The predicted octanol–water partition coefficient (Wildman–Crippen LogP) is 3.82. The third-order valence-corrected chi connectivity index (χ3v) is 3.67. The first kappa shape index (κ1) is 13.8. The van der Waals surface area contributed by atoms with Crippen molar-refractivity contribution in [2.45, 2.75) is 11.3 Å². The van der Waals surface area contributed by atoms with Gasteiger partial charge in [0.05, 0.1) is 14.2 Å². The molecule has 0 fully saturated rings. The van der Waals surface area contributed by atoms with Gasteiger partial charge in [0.25, 0.3) is 0 Å². The molecule has 1 radical (unpaired) electrons. The van der Waals surface area contributed by atoms with Crippen molar-refractivity contribution in [3.63, 3.8) is 0 Å². The van der Waals surface area contributed by atoms with Gasteiger partial charge in [-0.05, 0) is 41.6 Å². The van der Waals surface area contributed by atoms with Gasteiger partial charge in [0.1, 0.15) is 11.5 Å². The summed E-state index contributed by atoms with van der Waals surface area (Å²) in [5, 5.41) is 0. The smallest absolute Gasteiger partial charge is 0.126 e. The molecular weight excluding hydrogens is 256 g/mol. The zero-order chi connectivity index (χ0) is 13.7. The highest BCUT2D eigenvalue weighted by Crippen LogP contribution is 2.27. The number of rotatable bonds is 5. The SMILES string of the molecule is COc1ccc(Cc2[c]ccc(SC)c2)c(OC)c1. The van der Waals surface area contributed by atoms with Gasteiger partial charge in [-0.1, -0.05) is 12.1 Å². The van der Waals surface area contributed by atoms with Gasteiger partial charge in [-0.25, -0.2) is 0 Å². The average Bonchev–Trinajstić information content (AvgIpc) is 2.48. The Kier molecular flexibility index (Phi) is 4.74. The van der Waals surface area contributed by atoms with Crippen LogP contribution in [0.1, 0.15) is 11.1 Å². The van der Waals surface area contributed by atoms with E-state index >= 15 is 0 Å². The van der Waals surface area contributed by atoms with Crippen LogP contribution in [0.4, 0.5) is 0 Å². The lowest BCUT2D eigenvalue weighted by Gasteiger charge is -2.10. The number of ether oxygens (including phenoxy) is 2. The van der Waals surface area contributed by atoms with Gasteiger partial charge in [0.2, 0.25) is 0 Å².